The first kappa shape index (κ1) is 20.5. The Hall–Kier alpha value is -3.27. The number of nitro benzene ring substituents is 1. The van der Waals surface area contributed by atoms with Crippen molar-refractivity contribution in [2.45, 2.75) is 26.4 Å². The number of fused-ring (bicyclic) bond motifs is 1. The van der Waals surface area contributed by atoms with Crippen LogP contribution in [0.1, 0.15) is 25.8 Å². The molecule has 3 aromatic rings. The molecule has 0 unspecified atom stereocenters. The van der Waals surface area contributed by atoms with Crippen LogP contribution < -0.4 is 16.0 Å². The van der Waals surface area contributed by atoms with Crippen molar-refractivity contribution >= 4 is 38.7 Å². The van der Waals surface area contributed by atoms with Crippen molar-refractivity contribution in [1.82, 2.24) is 9.66 Å². The molecule has 1 aromatic heterocycles. The molecule has 3 rings (SSSR count). The summed E-state index contributed by atoms with van der Waals surface area (Å²) in [6, 6.07) is 9.44. The molecule has 0 radical (unpaired) electrons. The van der Waals surface area contributed by atoms with Gasteiger partial charge in [0.1, 0.15) is 0 Å². The zero-order valence-corrected chi connectivity index (χ0v) is 17.2. The van der Waals surface area contributed by atoms with E-state index in [1.54, 1.807) is 37.3 Å². The third-order valence-electron chi connectivity index (χ3n) is 4.25. The van der Waals surface area contributed by atoms with Crippen molar-refractivity contribution in [3.8, 4) is 5.75 Å². The molecule has 0 spiro atoms. The molecule has 1 atom stereocenters. The highest BCUT2D eigenvalue weighted by Crippen LogP contribution is 2.34. The van der Waals surface area contributed by atoms with E-state index in [0.29, 0.717) is 26.5 Å². The number of halogens is 1. The van der Waals surface area contributed by atoms with Crippen molar-refractivity contribution < 1.29 is 9.66 Å². The summed E-state index contributed by atoms with van der Waals surface area (Å²) in [6.07, 6.45) is 1.54. The van der Waals surface area contributed by atoms with Crippen LogP contribution in [0.4, 0.5) is 5.69 Å². The number of para-hydroxylation sites is 1. The number of ether oxygens (including phenoxy) is 1. The number of nitrogens with one attached hydrogen (secondary N) is 1. The monoisotopic (exact) mass is 460 g/mol. The lowest BCUT2D eigenvalue weighted by Crippen LogP contribution is -2.32. The minimum Gasteiger partial charge on any atom is -0.483 e. The summed E-state index contributed by atoms with van der Waals surface area (Å²) in [5.74, 6) is 0.0153. The van der Waals surface area contributed by atoms with E-state index in [2.05, 4.69) is 26.0 Å². The maximum absolute atomic E-state index is 12.6. The van der Waals surface area contributed by atoms with Gasteiger partial charge in [-0.25, -0.2) is 4.79 Å². The van der Waals surface area contributed by atoms with E-state index in [1.165, 1.54) is 12.3 Å². The molecule has 0 saturated carbocycles. The summed E-state index contributed by atoms with van der Waals surface area (Å²) in [7, 11) is 0. The molecule has 2 aromatic carbocycles. The van der Waals surface area contributed by atoms with E-state index >= 15 is 0 Å². The summed E-state index contributed by atoms with van der Waals surface area (Å²) in [5.41, 5.74) is -0.923. The molecule has 0 saturated heterocycles. The molecule has 9 nitrogen and oxygen atoms in total. The molecule has 0 bridgehead atoms. The van der Waals surface area contributed by atoms with Crippen LogP contribution in [0, 0.1) is 10.1 Å². The van der Waals surface area contributed by atoms with Crippen molar-refractivity contribution in [3.05, 3.63) is 77.4 Å². The van der Waals surface area contributed by atoms with E-state index in [4.69, 9.17) is 4.74 Å². The molecular formula is C19H17BrN4O5. The molecule has 0 aliphatic carbocycles. The van der Waals surface area contributed by atoms with E-state index in [1.807, 2.05) is 6.92 Å². The standard InChI is InChI=1S/C19H17BrN4O5/c1-3-11(2)29-17-12(8-13(20)9-16(17)24(27)28)10-21-23-18(25)14-6-4-5-7-15(14)22-19(23)26/h4-11H,3H2,1-2H3,(H,22,26)/t11-/m0/s1. The van der Waals surface area contributed by atoms with Gasteiger partial charge < -0.3 is 9.72 Å². The van der Waals surface area contributed by atoms with Gasteiger partial charge in [0.15, 0.2) is 0 Å². The Morgan fingerprint density at radius 3 is 2.76 bits per heavy atom. The van der Waals surface area contributed by atoms with Gasteiger partial charge >= 0.3 is 11.4 Å². The third-order valence-corrected chi connectivity index (χ3v) is 4.71. The smallest absolute Gasteiger partial charge is 0.349 e. The molecule has 1 heterocycles. The largest absolute Gasteiger partial charge is 0.483 e. The van der Waals surface area contributed by atoms with Gasteiger partial charge in [-0.15, -0.1) is 4.68 Å². The average molecular weight is 461 g/mol. The highest BCUT2D eigenvalue weighted by atomic mass is 79.9. The first-order valence-corrected chi connectivity index (χ1v) is 9.54. The van der Waals surface area contributed by atoms with Crippen LogP contribution >= 0.6 is 15.9 Å². The fraction of sp³-hybridized carbons (Fsp3) is 0.211. The molecule has 0 aliphatic rings. The summed E-state index contributed by atoms with van der Waals surface area (Å²) >= 11 is 3.23. The highest BCUT2D eigenvalue weighted by Gasteiger charge is 2.22. The average Bonchev–Trinajstić information content (AvgIpc) is 2.68. The number of H-pyrrole nitrogens is 1. The second kappa shape index (κ2) is 8.39. The molecule has 10 heteroatoms. The fourth-order valence-corrected chi connectivity index (χ4v) is 3.09. The number of aromatic amines is 1. The Kier molecular flexibility index (Phi) is 5.92. The Morgan fingerprint density at radius 2 is 2.07 bits per heavy atom. The number of benzene rings is 2. The van der Waals surface area contributed by atoms with E-state index in [-0.39, 0.29) is 23.1 Å². The maximum atomic E-state index is 12.6. The number of aromatic nitrogens is 2. The summed E-state index contributed by atoms with van der Waals surface area (Å²) < 4.78 is 6.84. The van der Waals surface area contributed by atoms with Gasteiger partial charge in [-0.05, 0) is 31.5 Å². The van der Waals surface area contributed by atoms with Gasteiger partial charge in [-0.2, -0.15) is 5.10 Å². The van der Waals surface area contributed by atoms with E-state index < -0.39 is 16.2 Å². The molecule has 29 heavy (non-hydrogen) atoms. The highest BCUT2D eigenvalue weighted by molar-refractivity contribution is 9.10. The number of nitro groups is 1. The topological polar surface area (TPSA) is 120 Å². The second-order valence-corrected chi connectivity index (χ2v) is 7.19. The summed E-state index contributed by atoms with van der Waals surface area (Å²) in [4.78, 5) is 38.4. The number of hydrogen-bond acceptors (Lipinski definition) is 6. The first-order valence-electron chi connectivity index (χ1n) is 8.74. The minimum absolute atomic E-state index is 0.0153. The third kappa shape index (κ3) is 4.27. The zero-order valence-electron chi connectivity index (χ0n) is 15.6. The SMILES string of the molecule is CC[C@H](C)Oc1c(C=Nn2c(=O)[nH]c3ccccc3c2=O)cc(Br)cc1[N+](=O)[O-]. The van der Waals surface area contributed by atoms with Crippen molar-refractivity contribution in [1.29, 1.82) is 0 Å². The lowest BCUT2D eigenvalue weighted by molar-refractivity contribution is -0.386. The van der Waals surface area contributed by atoms with Gasteiger partial charge in [0.05, 0.1) is 28.1 Å². The Bertz CT molecular complexity index is 1230. The fourth-order valence-electron chi connectivity index (χ4n) is 2.62. The van der Waals surface area contributed by atoms with E-state index in [9.17, 15) is 19.7 Å². The van der Waals surface area contributed by atoms with Gasteiger partial charge in [0, 0.05) is 16.1 Å². The number of hydrogen-bond donors (Lipinski definition) is 1. The van der Waals surface area contributed by atoms with Crippen LogP contribution in [-0.2, 0) is 0 Å². The first-order chi connectivity index (χ1) is 13.8. The zero-order chi connectivity index (χ0) is 21.1. The molecule has 0 fully saturated rings. The second-order valence-electron chi connectivity index (χ2n) is 6.27. The number of rotatable bonds is 6. The predicted molar refractivity (Wildman–Crippen MR) is 113 cm³/mol. The maximum Gasteiger partial charge on any atom is 0.349 e. The molecule has 0 aliphatic heterocycles. The summed E-state index contributed by atoms with van der Waals surface area (Å²) in [6.45, 7) is 3.67. The van der Waals surface area contributed by atoms with Crippen LogP contribution in [0.2, 0.25) is 0 Å². The predicted octanol–water partition coefficient (Wildman–Crippen LogP) is 3.42. The van der Waals surface area contributed by atoms with Crippen LogP contribution in [0.3, 0.4) is 0 Å². The van der Waals surface area contributed by atoms with E-state index in [0.717, 1.165) is 0 Å². The van der Waals surface area contributed by atoms with Crippen LogP contribution in [0.15, 0.2) is 55.6 Å². The quantitative estimate of drug-likeness (QED) is 0.343. The summed E-state index contributed by atoms with van der Waals surface area (Å²) in [5, 5.41) is 15.7. The Balaban J connectivity index is 2.16. The Labute approximate surface area is 172 Å². The molecule has 1 N–H and O–H groups in total. The lowest BCUT2D eigenvalue weighted by atomic mass is 10.2. The van der Waals surface area contributed by atoms with Crippen molar-refractivity contribution in [2.75, 3.05) is 0 Å². The normalized spacial score (nSPS) is 12.4. The van der Waals surface area contributed by atoms with Gasteiger partial charge in [0.25, 0.3) is 5.56 Å². The minimum atomic E-state index is -0.723. The molecular weight excluding hydrogens is 444 g/mol. The molecule has 150 valence electrons. The van der Waals surface area contributed by atoms with Crippen LogP contribution in [-0.4, -0.2) is 26.9 Å². The van der Waals surface area contributed by atoms with Gasteiger partial charge in [-0.3, -0.25) is 14.9 Å². The Morgan fingerprint density at radius 1 is 1.34 bits per heavy atom. The van der Waals surface area contributed by atoms with Gasteiger partial charge in [0.2, 0.25) is 5.75 Å². The van der Waals surface area contributed by atoms with Gasteiger partial charge in [-0.1, -0.05) is 35.0 Å². The van der Waals surface area contributed by atoms with Crippen molar-refractivity contribution in [3.63, 3.8) is 0 Å². The molecule has 0 amide bonds. The number of nitrogens with zero attached hydrogens (tertiary/aromatic N) is 3. The van der Waals surface area contributed by atoms with Crippen LogP contribution in [0.5, 0.6) is 5.75 Å². The van der Waals surface area contributed by atoms with Crippen LogP contribution in [0.25, 0.3) is 10.9 Å². The van der Waals surface area contributed by atoms with Crippen molar-refractivity contribution in [2.24, 2.45) is 5.10 Å². The lowest BCUT2D eigenvalue weighted by Gasteiger charge is -2.15.